The van der Waals surface area contributed by atoms with Gasteiger partial charge in [0.2, 0.25) is 11.8 Å². The van der Waals surface area contributed by atoms with Gasteiger partial charge in [0.05, 0.1) is 5.75 Å². The fourth-order valence-corrected chi connectivity index (χ4v) is 6.48. The Morgan fingerprint density at radius 3 is 2.33 bits per heavy atom. The van der Waals surface area contributed by atoms with Crippen LogP contribution in [0.3, 0.4) is 0 Å². The summed E-state index contributed by atoms with van der Waals surface area (Å²) < 4.78 is 0. The average Bonchev–Trinajstić information content (AvgIpc) is 3.52. The standard InChI is InChI=1S/C29H37ClN6O2S/c30-25-21-26(34-17-19-36(20-18-34)28(38)24-10-4-5-11-24)32-29(31-25)39-22-27(37)35-15-13-33(14-16-35)12-6-9-23-7-2-1-3-8-23/h1-3,6-9,21,24H,4-5,10-20,22H2/b9-6+. The van der Waals surface area contributed by atoms with Crippen molar-refractivity contribution in [1.82, 2.24) is 24.7 Å². The highest BCUT2D eigenvalue weighted by molar-refractivity contribution is 7.99. The van der Waals surface area contributed by atoms with Crippen molar-refractivity contribution in [2.45, 2.75) is 30.8 Å². The topological polar surface area (TPSA) is 72.9 Å². The van der Waals surface area contributed by atoms with Crippen LogP contribution >= 0.6 is 23.4 Å². The zero-order valence-electron chi connectivity index (χ0n) is 22.4. The van der Waals surface area contributed by atoms with E-state index in [9.17, 15) is 9.59 Å². The lowest BCUT2D eigenvalue weighted by Gasteiger charge is -2.36. The number of thioether (sulfide) groups is 1. The maximum atomic E-state index is 12.9. The molecular weight excluding hydrogens is 532 g/mol. The zero-order valence-corrected chi connectivity index (χ0v) is 24.0. The molecule has 0 atom stereocenters. The number of halogens is 1. The summed E-state index contributed by atoms with van der Waals surface area (Å²) in [6.45, 7) is 6.91. The molecule has 8 nitrogen and oxygen atoms in total. The molecule has 0 radical (unpaired) electrons. The predicted octanol–water partition coefficient (Wildman–Crippen LogP) is 3.92. The van der Waals surface area contributed by atoms with Gasteiger partial charge in [-0.2, -0.15) is 0 Å². The predicted molar refractivity (Wildman–Crippen MR) is 157 cm³/mol. The van der Waals surface area contributed by atoms with Gasteiger partial charge in [-0.25, -0.2) is 9.97 Å². The van der Waals surface area contributed by atoms with Gasteiger partial charge < -0.3 is 14.7 Å². The van der Waals surface area contributed by atoms with Gasteiger partial charge in [-0.05, 0) is 18.4 Å². The largest absolute Gasteiger partial charge is 0.353 e. The van der Waals surface area contributed by atoms with Crippen LogP contribution in [-0.4, -0.2) is 101 Å². The number of anilines is 1. The second-order valence-corrected chi connectivity index (χ2v) is 11.7. The van der Waals surface area contributed by atoms with Gasteiger partial charge >= 0.3 is 0 Å². The summed E-state index contributed by atoms with van der Waals surface area (Å²) in [5.41, 5.74) is 1.20. The first kappa shape index (κ1) is 27.9. The molecule has 0 unspecified atom stereocenters. The highest BCUT2D eigenvalue weighted by Crippen LogP contribution is 2.28. The van der Waals surface area contributed by atoms with Crippen LogP contribution in [0.2, 0.25) is 5.15 Å². The molecule has 0 N–H and O–H groups in total. The van der Waals surface area contributed by atoms with Crippen molar-refractivity contribution in [3.63, 3.8) is 0 Å². The van der Waals surface area contributed by atoms with Gasteiger partial charge in [-0.15, -0.1) is 0 Å². The number of hydrogen-bond donors (Lipinski definition) is 0. The minimum atomic E-state index is 0.101. The minimum Gasteiger partial charge on any atom is -0.353 e. The van der Waals surface area contributed by atoms with Crippen molar-refractivity contribution in [1.29, 1.82) is 0 Å². The maximum Gasteiger partial charge on any atom is 0.233 e. The second kappa shape index (κ2) is 13.6. The van der Waals surface area contributed by atoms with Crippen molar-refractivity contribution in [3.05, 3.63) is 53.2 Å². The Bertz CT molecular complexity index is 1140. The maximum absolute atomic E-state index is 12.9. The number of hydrogen-bond acceptors (Lipinski definition) is 7. The van der Waals surface area contributed by atoms with Crippen LogP contribution in [0.25, 0.3) is 6.08 Å². The van der Waals surface area contributed by atoms with Gasteiger partial charge in [-0.3, -0.25) is 14.5 Å². The van der Waals surface area contributed by atoms with Crippen LogP contribution < -0.4 is 4.90 Å². The van der Waals surface area contributed by atoms with E-state index in [4.69, 9.17) is 16.6 Å². The van der Waals surface area contributed by atoms with E-state index in [1.54, 1.807) is 6.07 Å². The molecule has 3 heterocycles. The first-order chi connectivity index (χ1) is 19.0. The molecule has 208 valence electrons. The molecule has 2 aliphatic heterocycles. The van der Waals surface area contributed by atoms with Crippen LogP contribution in [0.5, 0.6) is 0 Å². The van der Waals surface area contributed by atoms with Gasteiger partial charge in [0.1, 0.15) is 11.0 Å². The van der Waals surface area contributed by atoms with E-state index < -0.39 is 0 Å². The van der Waals surface area contributed by atoms with Crippen molar-refractivity contribution >= 4 is 47.1 Å². The monoisotopic (exact) mass is 568 g/mol. The van der Waals surface area contributed by atoms with E-state index in [2.05, 4.69) is 39.1 Å². The van der Waals surface area contributed by atoms with E-state index in [0.29, 0.717) is 29.3 Å². The van der Waals surface area contributed by atoms with Crippen molar-refractivity contribution < 1.29 is 9.59 Å². The fraction of sp³-hybridized carbons (Fsp3) is 0.517. The SMILES string of the molecule is O=C(CSc1nc(Cl)cc(N2CCN(C(=O)C3CCCC3)CC2)n1)N1CCN(C/C=C/c2ccccc2)CC1. The Balaban J connectivity index is 1.06. The highest BCUT2D eigenvalue weighted by atomic mass is 35.5. The molecule has 0 bridgehead atoms. The molecule has 5 rings (SSSR count). The molecule has 3 fully saturated rings. The Hall–Kier alpha value is -2.62. The zero-order chi connectivity index (χ0) is 27.0. The molecule has 1 aliphatic carbocycles. The molecule has 10 heteroatoms. The number of nitrogens with zero attached hydrogens (tertiary/aromatic N) is 6. The molecule has 2 aromatic rings. The highest BCUT2D eigenvalue weighted by Gasteiger charge is 2.30. The van der Waals surface area contributed by atoms with Crippen LogP contribution in [0, 0.1) is 5.92 Å². The lowest BCUT2D eigenvalue weighted by Crippen LogP contribution is -2.50. The van der Waals surface area contributed by atoms with E-state index in [-0.39, 0.29) is 17.6 Å². The Kier molecular flexibility index (Phi) is 9.76. The van der Waals surface area contributed by atoms with E-state index in [0.717, 1.165) is 64.5 Å². The van der Waals surface area contributed by atoms with Crippen LogP contribution in [-0.2, 0) is 9.59 Å². The number of aromatic nitrogens is 2. The molecule has 1 aromatic heterocycles. The summed E-state index contributed by atoms with van der Waals surface area (Å²) in [4.78, 5) is 43.2. The molecular formula is C29H37ClN6O2S. The normalized spacial score (nSPS) is 19.3. The van der Waals surface area contributed by atoms with Crippen molar-refractivity contribution in [2.75, 3.05) is 69.6 Å². The van der Waals surface area contributed by atoms with Crippen molar-refractivity contribution in [3.8, 4) is 0 Å². The Morgan fingerprint density at radius 2 is 1.62 bits per heavy atom. The average molecular weight is 569 g/mol. The third-order valence-electron chi connectivity index (χ3n) is 7.80. The van der Waals surface area contributed by atoms with E-state index in [1.807, 2.05) is 28.0 Å². The molecule has 2 amide bonds. The second-order valence-electron chi connectivity index (χ2n) is 10.4. The summed E-state index contributed by atoms with van der Waals surface area (Å²) >= 11 is 7.67. The van der Waals surface area contributed by atoms with Crippen LogP contribution in [0.4, 0.5) is 5.82 Å². The molecule has 1 aromatic carbocycles. The molecule has 0 spiro atoms. The summed E-state index contributed by atoms with van der Waals surface area (Å²) in [5.74, 6) is 1.67. The summed E-state index contributed by atoms with van der Waals surface area (Å²) in [6, 6.07) is 12.1. The number of carbonyl (C=O) groups is 2. The Morgan fingerprint density at radius 1 is 0.923 bits per heavy atom. The van der Waals surface area contributed by atoms with Gasteiger partial charge in [0.15, 0.2) is 5.16 Å². The molecule has 2 saturated heterocycles. The summed E-state index contributed by atoms with van der Waals surface area (Å²) in [6.07, 6.45) is 8.72. The fourth-order valence-electron chi connectivity index (χ4n) is 5.50. The number of rotatable bonds is 8. The lowest BCUT2D eigenvalue weighted by atomic mass is 10.1. The molecule has 39 heavy (non-hydrogen) atoms. The quantitative estimate of drug-likeness (QED) is 0.271. The van der Waals surface area contributed by atoms with Crippen LogP contribution in [0.15, 0.2) is 47.6 Å². The first-order valence-electron chi connectivity index (χ1n) is 14.0. The number of benzene rings is 1. The number of amides is 2. The van der Waals surface area contributed by atoms with Crippen LogP contribution in [0.1, 0.15) is 31.2 Å². The van der Waals surface area contributed by atoms with E-state index in [1.165, 1.54) is 30.2 Å². The third kappa shape index (κ3) is 7.74. The summed E-state index contributed by atoms with van der Waals surface area (Å²) in [7, 11) is 0. The number of carbonyl (C=O) groups excluding carboxylic acids is 2. The minimum absolute atomic E-state index is 0.101. The smallest absolute Gasteiger partial charge is 0.233 e. The number of piperazine rings is 2. The van der Waals surface area contributed by atoms with Gasteiger partial charge in [0.25, 0.3) is 0 Å². The van der Waals surface area contributed by atoms with E-state index >= 15 is 0 Å². The Labute approximate surface area is 240 Å². The first-order valence-corrected chi connectivity index (χ1v) is 15.3. The molecule has 1 saturated carbocycles. The third-order valence-corrected chi connectivity index (χ3v) is 8.83. The van der Waals surface area contributed by atoms with Gasteiger partial charge in [0, 0.05) is 70.9 Å². The van der Waals surface area contributed by atoms with Gasteiger partial charge in [-0.1, -0.05) is 78.7 Å². The summed E-state index contributed by atoms with van der Waals surface area (Å²) in [5, 5.41) is 0.886. The lowest BCUT2D eigenvalue weighted by molar-refractivity contribution is -0.135. The van der Waals surface area contributed by atoms with Crippen molar-refractivity contribution in [2.24, 2.45) is 5.92 Å². The molecule has 3 aliphatic rings.